The largest absolute Gasteiger partial charge is 0.374 e. The summed E-state index contributed by atoms with van der Waals surface area (Å²) in [5, 5.41) is 0. The Balaban J connectivity index is 2.39. The van der Waals surface area contributed by atoms with Gasteiger partial charge in [-0.25, -0.2) is 4.98 Å². The summed E-state index contributed by atoms with van der Waals surface area (Å²) >= 11 is 0. The summed E-state index contributed by atoms with van der Waals surface area (Å²) in [5.41, 5.74) is 1.53. The van der Waals surface area contributed by atoms with Crippen molar-refractivity contribution in [2.24, 2.45) is 0 Å². The van der Waals surface area contributed by atoms with E-state index in [1.165, 1.54) is 12.8 Å². The molecular weight excluding hydrogens is 228 g/mol. The summed E-state index contributed by atoms with van der Waals surface area (Å²) in [6.45, 7) is 12.0. The second-order valence-corrected chi connectivity index (χ2v) is 11.3. The number of rotatable bonds is 7. The maximum atomic E-state index is 5.88. The zero-order chi connectivity index (χ0) is 12.9. The van der Waals surface area contributed by atoms with E-state index in [0.717, 1.165) is 17.9 Å². The van der Waals surface area contributed by atoms with Gasteiger partial charge in [0.15, 0.2) is 0 Å². The number of hydrogen-bond acceptors (Lipinski definition) is 2. The summed E-state index contributed by atoms with van der Waals surface area (Å²) in [4.78, 5) is 7.74. The molecule has 1 unspecified atom stereocenters. The topological polar surface area (TPSA) is 37.9 Å². The van der Waals surface area contributed by atoms with Gasteiger partial charge < -0.3 is 9.72 Å². The molecule has 0 radical (unpaired) electrons. The standard InChI is InChI=1S/C13H26N2OSi/c1-6-7-8-12-9-14-13(15-12)10-16-11(2)17(3,4)5/h9,11H,6-8,10H2,1-5H3,(H,14,15). The van der Waals surface area contributed by atoms with Gasteiger partial charge in [0.2, 0.25) is 0 Å². The van der Waals surface area contributed by atoms with Gasteiger partial charge in [0.25, 0.3) is 0 Å². The number of aromatic amines is 1. The van der Waals surface area contributed by atoms with Crippen LogP contribution in [0.25, 0.3) is 0 Å². The van der Waals surface area contributed by atoms with Crippen molar-refractivity contribution in [1.82, 2.24) is 9.97 Å². The van der Waals surface area contributed by atoms with Crippen LogP contribution in [0.2, 0.25) is 19.6 Å². The highest BCUT2D eigenvalue weighted by atomic mass is 28.3. The first kappa shape index (κ1) is 14.4. The lowest BCUT2D eigenvalue weighted by Gasteiger charge is -2.24. The van der Waals surface area contributed by atoms with Gasteiger partial charge in [0, 0.05) is 11.9 Å². The number of aromatic nitrogens is 2. The molecule has 1 aromatic rings. The van der Waals surface area contributed by atoms with Gasteiger partial charge in [-0.3, -0.25) is 0 Å². The van der Waals surface area contributed by atoms with Gasteiger partial charge in [-0.1, -0.05) is 33.0 Å². The third-order valence-corrected chi connectivity index (χ3v) is 5.77. The molecule has 1 aromatic heterocycles. The first-order valence-electron chi connectivity index (χ1n) is 6.58. The normalized spacial score (nSPS) is 13.9. The summed E-state index contributed by atoms with van der Waals surface area (Å²) in [7, 11) is -1.19. The first-order valence-corrected chi connectivity index (χ1v) is 10.2. The van der Waals surface area contributed by atoms with E-state index in [1.807, 2.05) is 6.20 Å². The molecule has 1 rings (SSSR count). The average molecular weight is 254 g/mol. The molecule has 0 aliphatic carbocycles. The molecule has 4 heteroatoms. The third kappa shape index (κ3) is 5.04. The lowest BCUT2D eigenvalue weighted by Crippen LogP contribution is -2.37. The van der Waals surface area contributed by atoms with E-state index in [-0.39, 0.29) is 0 Å². The number of imidazole rings is 1. The fourth-order valence-electron chi connectivity index (χ4n) is 1.42. The highest BCUT2D eigenvalue weighted by Gasteiger charge is 2.23. The minimum absolute atomic E-state index is 0.367. The highest BCUT2D eigenvalue weighted by molar-refractivity contribution is 6.77. The summed E-state index contributed by atoms with van der Waals surface area (Å²) in [6.07, 6.45) is 5.49. The molecular formula is C13H26N2OSi. The number of aryl methyl sites for hydroxylation is 1. The van der Waals surface area contributed by atoms with E-state index in [9.17, 15) is 0 Å². The number of nitrogens with one attached hydrogen (secondary N) is 1. The number of nitrogens with zero attached hydrogens (tertiary/aromatic N) is 1. The van der Waals surface area contributed by atoms with Crippen molar-refractivity contribution in [3.63, 3.8) is 0 Å². The van der Waals surface area contributed by atoms with E-state index in [0.29, 0.717) is 12.3 Å². The van der Waals surface area contributed by atoms with Crippen molar-refractivity contribution in [2.75, 3.05) is 0 Å². The molecule has 1 heterocycles. The molecule has 1 N–H and O–H groups in total. The molecule has 0 bridgehead atoms. The Bertz CT molecular complexity index is 330. The maximum absolute atomic E-state index is 5.88. The number of unbranched alkanes of at least 4 members (excludes halogenated alkanes) is 1. The predicted octanol–water partition coefficient (Wildman–Crippen LogP) is 3.53. The highest BCUT2D eigenvalue weighted by Crippen LogP contribution is 2.12. The van der Waals surface area contributed by atoms with Crippen molar-refractivity contribution >= 4 is 8.07 Å². The van der Waals surface area contributed by atoms with Gasteiger partial charge in [-0.2, -0.15) is 0 Å². The predicted molar refractivity (Wildman–Crippen MR) is 74.8 cm³/mol. The lowest BCUT2D eigenvalue weighted by atomic mass is 10.2. The second kappa shape index (κ2) is 6.35. The van der Waals surface area contributed by atoms with Crippen LogP contribution in [-0.2, 0) is 17.8 Å². The minimum atomic E-state index is -1.19. The van der Waals surface area contributed by atoms with E-state index < -0.39 is 8.07 Å². The number of ether oxygens (including phenoxy) is 1. The molecule has 0 saturated heterocycles. The molecule has 98 valence electrons. The van der Waals surface area contributed by atoms with Crippen molar-refractivity contribution in [1.29, 1.82) is 0 Å². The van der Waals surface area contributed by atoms with Crippen LogP contribution in [-0.4, -0.2) is 23.8 Å². The van der Waals surface area contributed by atoms with E-state index in [1.54, 1.807) is 0 Å². The van der Waals surface area contributed by atoms with Gasteiger partial charge in [-0.05, 0) is 19.8 Å². The van der Waals surface area contributed by atoms with Crippen LogP contribution in [0, 0.1) is 0 Å². The molecule has 0 spiro atoms. The Morgan fingerprint density at radius 2 is 2.12 bits per heavy atom. The average Bonchev–Trinajstić information content (AvgIpc) is 2.69. The zero-order valence-corrected chi connectivity index (χ0v) is 12.8. The van der Waals surface area contributed by atoms with Crippen LogP contribution in [0.1, 0.15) is 38.2 Å². The van der Waals surface area contributed by atoms with Crippen molar-refractivity contribution in [3.05, 3.63) is 17.7 Å². The van der Waals surface area contributed by atoms with E-state index >= 15 is 0 Å². The van der Waals surface area contributed by atoms with Crippen molar-refractivity contribution < 1.29 is 4.74 Å². The smallest absolute Gasteiger partial charge is 0.132 e. The maximum Gasteiger partial charge on any atom is 0.132 e. The van der Waals surface area contributed by atoms with Crippen LogP contribution >= 0.6 is 0 Å². The van der Waals surface area contributed by atoms with Crippen molar-refractivity contribution in [2.45, 2.75) is 65.1 Å². The van der Waals surface area contributed by atoms with Gasteiger partial charge in [-0.15, -0.1) is 0 Å². The molecule has 0 saturated carbocycles. The molecule has 0 aliphatic heterocycles. The van der Waals surface area contributed by atoms with E-state index in [2.05, 4.69) is 43.5 Å². The number of H-pyrrole nitrogens is 1. The Morgan fingerprint density at radius 3 is 2.71 bits per heavy atom. The van der Waals surface area contributed by atoms with Crippen LogP contribution in [0.5, 0.6) is 0 Å². The fraction of sp³-hybridized carbons (Fsp3) is 0.769. The SMILES string of the molecule is CCCCc1c[nH]c(COC(C)[Si](C)(C)C)n1. The monoisotopic (exact) mass is 254 g/mol. The van der Waals surface area contributed by atoms with Crippen LogP contribution in [0.3, 0.4) is 0 Å². The zero-order valence-electron chi connectivity index (χ0n) is 11.8. The summed E-state index contributed by atoms with van der Waals surface area (Å²) in [6, 6.07) is 0. The Hall–Kier alpha value is -0.613. The first-order chi connectivity index (χ1) is 7.93. The molecule has 17 heavy (non-hydrogen) atoms. The van der Waals surface area contributed by atoms with Crippen LogP contribution < -0.4 is 0 Å². The third-order valence-electron chi connectivity index (χ3n) is 3.16. The van der Waals surface area contributed by atoms with Gasteiger partial charge in [0.05, 0.1) is 13.8 Å². The van der Waals surface area contributed by atoms with Gasteiger partial charge in [0.1, 0.15) is 12.4 Å². The molecule has 0 fully saturated rings. The molecule has 3 nitrogen and oxygen atoms in total. The molecule has 0 aliphatic rings. The Labute approximate surface area is 106 Å². The Kier molecular flexibility index (Phi) is 5.40. The molecule has 0 aromatic carbocycles. The second-order valence-electron chi connectivity index (χ2n) is 5.76. The van der Waals surface area contributed by atoms with Crippen LogP contribution in [0.15, 0.2) is 6.20 Å². The lowest BCUT2D eigenvalue weighted by molar-refractivity contribution is 0.0932. The fourth-order valence-corrected chi connectivity index (χ4v) is 2.00. The van der Waals surface area contributed by atoms with Crippen molar-refractivity contribution in [3.8, 4) is 0 Å². The minimum Gasteiger partial charge on any atom is -0.374 e. The quantitative estimate of drug-likeness (QED) is 0.756. The van der Waals surface area contributed by atoms with Crippen LogP contribution in [0.4, 0.5) is 0 Å². The van der Waals surface area contributed by atoms with Gasteiger partial charge >= 0.3 is 0 Å². The Morgan fingerprint density at radius 1 is 1.41 bits per heavy atom. The summed E-state index contributed by atoms with van der Waals surface area (Å²) < 4.78 is 5.88. The van der Waals surface area contributed by atoms with E-state index in [4.69, 9.17) is 4.74 Å². The summed E-state index contributed by atoms with van der Waals surface area (Å²) in [5.74, 6) is 0.959. The molecule has 1 atom stereocenters. The molecule has 0 amide bonds. The number of hydrogen-bond donors (Lipinski definition) is 1.